The van der Waals surface area contributed by atoms with Crippen LogP contribution in [-0.4, -0.2) is 38.0 Å². The Morgan fingerprint density at radius 1 is 1.16 bits per heavy atom. The van der Waals surface area contributed by atoms with Crippen molar-refractivity contribution in [3.8, 4) is 0 Å². The van der Waals surface area contributed by atoms with Crippen molar-refractivity contribution < 1.29 is 19.1 Å². The Balaban J connectivity index is 2.26. The second-order valence-electron chi connectivity index (χ2n) is 4.83. The second-order valence-corrected chi connectivity index (χ2v) is 4.83. The Morgan fingerprint density at radius 2 is 1.79 bits per heavy atom. The summed E-state index contributed by atoms with van der Waals surface area (Å²) in [5.74, 6) is 0. The minimum atomic E-state index is -0.420. The van der Waals surface area contributed by atoms with E-state index in [0.717, 1.165) is 38.5 Å². The van der Waals surface area contributed by atoms with Gasteiger partial charge in [0.15, 0.2) is 0 Å². The van der Waals surface area contributed by atoms with Crippen LogP contribution in [0.1, 0.15) is 45.4 Å². The fraction of sp³-hybridized carbons (Fsp3) is 0.846. The minimum Gasteiger partial charge on any atom is -0.453 e. The average molecular weight is 272 g/mol. The number of unbranched alkanes of at least 4 members (excludes halogenated alkanes) is 1. The summed E-state index contributed by atoms with van der Waals surface area (Å²) in [6, 6.07) is 0.118. The Bertz CT molecular complexity index is 296. The molecule has 0 bridgehead atoms. The van der Waals surface area contributed by atoms with Crippen molar-refractivity contribution >= 4 is 12.2 Å². The number of carbonyl (C=O) groups excluding carboxylic acids is 2. The molecule has 0 saturated heterocycles. The first-order chi connectivity index (χ1) is 9.15. The van der Waals surface area contributed by atoms with Crippen LogP contribution in [0, 0.1) is 0 Å². The van der Waals surface area contributed by atoms with Crippen LogP contribution < -0.4 is 10.6 Å². The van der Waals surface area contributed by atoms with E-state index in [0.29, 0.717) is 6.61 Å². The van der Waals surface area contributed by atoms with Crippen LogP contribution in [0.4, 0.5) is 9.59 Å². The molecule has 1 saturated carbocycles. The summed E-state index contributed by atoms with van der Waals surface area (Å²) >= 11 is 0. The highest BCUT2D eigenvalue weighted by molar-refractivity contribution is 5.68. The lowest BCUT2D eigenvalue weighted by Gasteiger charge is -2.29. The van der Waals surface area contributed by atoms with Gasteiger partial charge in [-0.1, -0.05) is 13.3 Å². The number of carbonyl (C=O) groups is 2. The molecule has 2 unspecified atom stereocenters. The van der Waals surface area contributed by atoms with E-state index in [-0.39, 0.29) is 18.2 Å². The van der Waals surface area contributed by atoms with E-state index in [4.69, 9.17) is 4.74 Å². The maximum Gasteiger partial charge on any atom is 0.407 e. The Kier molecular flexibility index (Phi) is 7.07. The molecule has 0 spiro atoms. The summed E-state index contributed by atoms with van der Waals surface area (Å²) in [6.07, 6.45) is 4.62. The number of amides is 2. The largest absolute Gasteiger partial charge is 0.453 e. The van der Waals surface area contributed by atoms with Crippen LogP contribution >= 0.6 is 0 Å². The highest BCUT2D eigenvalue weighted by atomic mass is 16.5. The standard InChI is InChI=1S/C13H24N2O4/c1-3-4-8-19-13(17)15-11-7-5-6-10(9-11)14-12(16)18-2/h10-11H,3-9H2,1-2H3,(H,14,16)(H,15,17). The van der Waals surface area contributed by atoms with Crippen LogP contribution in [0.2, 0.25) is 0 Å². The summed E-state index contributed by atoms with van der Waals surface area (Å²) in [4.78, 5) is 22.7. The molecule has 19 heavy (non-hydrogen) atoms. The lowest BCUT2D eigenvalue weighted by atomic mass is 9.91. The van der Waals surface area contributed by atoms with E-state index in [9.17, 15) is 9.59 Å². The van der Waals surface area contributed by atoms with E-state index in [1.807, 2.05) is 6.92 Å². The van der Waals surface area contributed by atoms with Gasteiger partial charge in [-0.25, -0.2) is 9.59 Å². The SMILES string of the molecule is CCCCOC(=O)NC1CCCC(NC(=O)OC)C1. The average Bonchev–Trinajstić information content (AvgIpc) is 2.39. The predicted octanol–water partition coefficient (Wildman–Crippen LogP) is 2.18. The number of alkyl carbamates (subject to hydrolysis) is 2. The number of hydrogen-bond donors (Lipinski definition) is 2. The van der Waals surface area contributed by atoms with Gasteiger partial charge in [0.25, 0.3) is 0 Å². The number of rotatable bonds is 5. The van der Waals surface area contributed by atoms with Crippen molar-refractivity contribution in [3.63, 3.8) is 0 Å². The molecule has 0 aromatic heterocycles. The highest BCUT2D eigenvalue weighted by Crippen LogP contribution is 2.18. The number of ether oxygens (including phenoxy) is 2. The molecule has 1 fully saturated rings. The molecule has 0 heterocycles. The molecule has 0 aromatic carbocycles. The third-order valence-corrected chi connectivity index (χ3v) is 3.23. The van der Waals surface area contributed by atoms with Gasteiger partial charge >= 0.3 is 12.2 Å². The number of methoxy groups -OCH3 is 1. The van der Waals surface area contributed by atoms with Crippen LogP contribution in [0.5, 0.6) is 0 Å². The van der Waals surface area contributed by atoms with Crippen molar-refractivity contribution in [3.05, 3.63) is 0 Å². The minimum absolute atomic E-state index is 0.0575. The summed E-state index contributed by atoms with van der Waals surface area (Å²) in [6.45, 7) is 2.50. The second kappa shape index (κ2) is 8.61. The number of hydrogen-bond acceptors (Lipinski definition) is 4. The zero-order valence-electron chi connectivity index (χ0n) is 11.7. The van der Waals surface area contributed by atoms with Gasteiger partial charge in [0.05, 0.1) is 13.7 Å². The van der Waals surface area contributed by atoms with Crippen molar-refractivity contribution in [2.45, 2.75) is 57.5 Å². The number of nitrogens with one attached hydrogen (secondary N) is 2. The van der Waals surface area contributed by atoms with Crippen molar-refractivity contribution in [1.29, 1.82) is 0 Å². The van der Waals surface area contributed by atoms with Gasteiger partial charge in [-0.3, -0.25) is 0 Å². The predicted molar refractivity (Wildman–Crippen MR) is 71.0 cm³/mol. The monoisotopic (exact) mass is 272 g/mol. The highest BCUT2D eigenvalue weighted by Gasteiger charge is 2.24. The van der Waals surface area contributed by atoms with Gasteiger partial charge in [-0.15, -0.1) is 0 Å². The molecule has 0 radical (unpaired) electrons. The van der Waals surface area contributed by atoms with E-state index < -0.39 is 6.09 Å². The molecule has 0 aromatic rings. The Hall–Kier alpha value is -1.46. The molecule has 1 aliphatic rings. The van der Waals surface area contributed by atoms with Crippen LogP contribution in [0.25, 0.3) is 0 Å². The maximum atomic E-state index is 11.5. The van der Waals surface area contributed by atoms with Gasteiger partial charge in [0.2, 0.25) is 0 Å². The molecule has 2 atom stereocenters. The van der Waals surface area contributed by atoms with Crippen LogP contribution in [-0.2, 0) is 9.47 Å². The molecule has 0 aliphatic heterocycles. The molecule has 2 N–H and O–H groups in total. The van der Waals surface area contributed by atoms with E-state index in [2.05, 4.69) is 15.4 Å². The summed E-state index contributed by atoms with van der Waals surface area (Å²) in [5.41, 5.74) is 0. The Morgan fingerprint density at radius 3 is 2.37 bits per heavy atom. The molecule has 6 heteroatoms. The smallest absolute Gasteiger partial charge is 0.407 e. The molecule has 6 nitrogen and oxygen atoms in total. The third-order valence-electron chi connectivity index (χ3n) is 3.23. The van der Waals surface area contributed by atoms with Gasteiger partial charge in [0, 0.05) is 12.1 Å². The van der Waals surface area contributed by atoms with Crippen LogP contribution in [0.3, 0.4) is 0 Å². The molecule has 110 valence electrons. The fourth-order valence-electron chi connectivity index (χ4n) is 2.20. The molecular formula is C13H24N2O4. The topological polar surface area (TPSA) is 76.7 Å². The van der Waals surface area contributed by atoms with Crippen molar-refractivity contribution in [1.82, 2.24) is 10.6 Å². The first-order valence-electron chi connectivity index (χ1n) is 6.93. The molecule has 1 aliphatic carbocycles. The van der Waals surface area contributed by atoms with Gasteiger partial charge in [-0.2, -0.15) is 0 Å². The summed E-state index contributed by atoms with van der Waals surface area (Å²) < 4.78 is 9.63. The summed E-state index contributed by atoms with van der Waals surface area (Å²) in [5, 5.41) is 5.62. The maximum absolute atomic E-state index is 11.5. The zero-order chi connectivity index (χ0) is 14.1. The van der Waals surface area contributed by atoms with Gasteiger partial charge < -0.3 is 20.1 Å². The van der Waals surface area contributed by atoms with Crippen molar-refractivity contribution in [2.75, 3.05) is 13.7 Å². The summed E-state index contributed by atoms with van der Waals surface area (Å²) in [7, 11) is 1.35. The fourth-order valence-corrected chi connectivity index (χ4v) is 2.20. The molecular weight excluding hydrogens is 248 g/mol. The van der Waals surface area contributed by atoms with Gasteiger partial charge in [0.1, 0.15) is 0 Å². The van der Waals surface area contributed by atoms with Gasteiger partial charge in [-0.05, 0) is 32.1 Å². The lowest BCUT2D eigenvalue weighted by molar-refractivity contribution is 0.135. The lowest BCUT2D eigenvalue weighted by Crippen LogP contribution is -2.45. The van der Waals surface area contributed by atoms with E-state index in [1.54, 1.807) is 0 Å². The Labute approximate surface area is 114 Å². The zero-order valence-corrected chi connectivity index (χ0v) is 11.7. The van der Waals surface area contributed by atoms with E-state index >= 15 is 0 Å². The third kappa shape index (κ3) is 6.31. The normalized spacial score (nSPS) is 22.4. The van der Waals surface area contributed by atoms with Crippen LogP contribution in [0.15, 0.2) is 0 Å². The van der Waals surface area contributed by atoms with Crippen molar-refractivity contribution in [2.24, 2.45) is 0 Å². The first-order valence-corrected chi connectivity index (χ1v) is 6.93. The quantitative estimate of drug-likeness (QED) is 0.752. The first kappa shape index (κ1) is 15.6. The molecule has 1 rings (SSSR count). The molecule has 2 amide bonds. The van der Waals surface area contributed by atoms with E-state index in [1.165, 1.54) is 7.11 Å².